The molecule has 11 heteroatoms. The van der Waals surface area contributed by atoms with E-state index >= 15 is 0 Å². The quantitative estimate of drug-likeness (QED) is 0.274. The van der Waals surface area contributed by atoms with Crippen LogP contribution in [0.1, 0.15) is 0 Å². The van der Waals surface area contributed by atoms with Gasteiger partial charge in [0.2, 0.25) is 0 Å². The smallest absolute Gasteiger partial charge is 0 e. The summed E-state index contributed by atoms with van der Waals surface area (Å²) < 4.78 is 8.88. The molecule has 0 aliphatic rings. The molecule has 0 aliphatic heterocycles. The summed E-state index contributed by atoms with van der Waals surface area (Å²) >= 11 is 0. The third kappa shape index (κ3) is 97.5. The van der Waals surface area contributed by atoms with Crippen LogP contribution in [0.15, 0.2) is 0 Å². The fourth-order valence-corrected chi connectivity index (χ4v) is 0. The van der Waals surface area contributed by atoms with Crippen LogP contribution in [0.5, 0.6) is 0 Å². The molecular formula is H10AlLaLi2O4PSrTi. The first-order valence-corrected chi connectivity index (χ1v) is 2.35. The monoisotopic (exact) mass is 421 g/mol. The largest absolute Gasteiger partial charge is 0 e. The summed E-state index contributed by atoms with van der Waals surface area (Å²) in [4.78, 5) is 21.6. The summed E-state index contributed by atoms with van der Waals surface area (Å²) in [6.07, 6.45) is 0. The zero-order valence-corrected chi connectivity index (χ0v) is 9.36. The first kappa shape index (κ1) is 44.2. The Balaban J connectivity index is -0.00000000533. The van der Waals surface area contributed by atoms with Crippen molar-refractivity contribution in [3.05, 3.63) is 0 Å². The molecular weight excluding hydrogens is 410 g/mol. The maximum absolute atomic E-state index is 8.88. The SMILES string of the molecule is O=P(O)(O)O.[AlH3].[La].[LiH].[LiH].[SrH2].[Ti]. The molecule has 0 rings (SSSR count). The Morgan fingerprint density at radius 3 is 1.00 bits per heavy atom. The van der Waals surface area contributed by atoms with Gasteiger partial charge in [0, 0.05) is 57.3 Å². The first-order valence-electron chi connectivity index (χ1n) is 0.783. The predicted molar refractivity (Wildman–Crippen MR) is 47.0 cm³/mol. The molecule has 4 nitrogen and oxygen atoms in total. The summed E-state index contributed by atoms with van der Waals surface area (Å²) in [7, 11) is -4.64. The van der Waals surface area contributed by atoms with Gasteiger partial charge in [-0.3, -0.25) is 0 Å². The van der Waals surface area contributed by atoms with E-state index in [1.165, 1.54) is 0 Å². The molecule has 0 amide bonds. The van der Waals surface area contributed by atoms with Crippen molar-refractivity contribution in [2.75, 3.05) is 0 Å². The van der Waals surface area contributed by atoms with Crippen LogP contribution < -0.4 is 0 Å². The molecule has 0 atom stereocenters. The van der Waals surface area contributed by atoms with E-state index in [0.29, 0.717) is 0 Å². The van der Waals surface area contributed by atoms with Crippen LogP contribution in [0, 0.1) is 35.6 Å². The second-order valence-electron chi connectivity index (χ2n) is 0.513. The van der Waals surface area contributed by atoms with Gasteiger partial charge in [-0.05, 0) is 0 Å². The fraction of sp³-hybridized carbons (Fsp3) is 0. The summed E-state index contributed by atoms with van der Waals surface area (Å²) in [5.74, 6) is 0. The van der Waals surface area contributed by atoms with Gasteiger partial charge in [0.15, 0.2) is 17.4 Å². The molecule has 0 heterocycles. The molecule has 0 spiro atoms. The standard InChI is InChI=1S/Al.La.2Li.H3O4P.Sr.Ti.7H/c;;;;1-5(2,3)4;;;;;;;;;/h;;;;(H3,1,2,3,4);;;;;;;;;. The van der Waals surface area contributed by atoms with Gasteiger partial charge in [0.1, 0.15) is 0 Å². The number of hydrogen-bond acceptors (Lipinski definition) is 1. The zero-order valence-electron chi connectivity index (χ0n) is 3.27. The first-order chi connectivity index (χ1) is 2.00. The Kier molecular flexibility index (Phi) is 98.2. The molecule has 0 saturated heterocycles. The molecule has 0 unspecified atom stereocenters. The minimum absolute atomic E-state index is 0. The van der Waals surface area contributed by atoms with Crippen LogP contribution in [-0.2, 0) is 26.3 Å². The van der Waals surface area contributed by atoms with Crippen LogP contribution in [0.2, 0.25) is 0 Å². The minimum Gasteiger partial charge on any atom is 0 e. The summed E-state index contributed by atoms with van der Waals surface area (Å²) in [6, 6.07) is 0. The minimum atomic E-state index is -4.64. The fourth-order valence-electron chi connectivity index (χ4n) is 0. The molecule has 0 aliphatic carbocycles. The predicted octanol–water partition coefficient (Wildman–Crippen LogP) is -4.33. The van der Waals surface area contributed by atoms with Crippen LogP contribution in [0.3, 0.4) is 0 Å². The van der Waals surface area contributed by atoms with E-state index in [-0.39, 0.29) is 158 Å². The average molecular weight is 420 g/mol. The van der Waals surface area contributed by atoms with E-state index < -0.39 is 7.82 Å². The number of rotatable bonds is 0. The van der Waals surface area contributed by atoms with Gasteiger partial charge in [0.05, 0.1) is 0 Å². The Morgan fingerprint density at radius 1 is 1.00 bits per heavy atom. The molecule has 3 N–H and O–H groups in total. The normalized spacial score (nSPS) is 5.36. The zero-order chi connectivity index (χ0) is 4.50. The van der Waals surface area contributed by atoms with Crippen molar-refractivity contribution in [1.82, 2.24) is 0 Å². The second kappa shape index (κ2) is 24.5. The van der Waals surface area contributed by atoms with Gasteiger partial charge < -0.3 is 14.7 Å². The number of hydrogen-bond donors (Lipinski definition) is 3. The topological polar surface area (TPSA) is 77.8 Å². The van der Waals surface area contributed by atoms with Crippen molar-refractivity contribution in [2.24, 2.45) is 0 Å². The molecule has 0 fully saturated rings. The third-order valence-electron chi connectivity index (χ3n) is 0. The maximum Gasteiger partial charge on any atom is 0 e. The Labute approximate surface area is 180 Å². The second-order valence-corrected chi connectivity index (χ2v) is 1.54. The van der Waals surface area contributed by atoms with Gasteiger partial charge in [-0.25, -0.2) is 4.57 Å². The molecule has 0 saturated carbocycles. The molecule has 11 heavy (non-hydrogen) atoms. The van der Waals surface area contributed by atoms with Crippen molar-refractivity contribution in [3.8, 4) is 0 Å². The molecule has 0 aromatic carbocycles. The van der Waals surface area contributed by atoms with E-state index in [4.69, 9.17) is 19.2 Å². The molecule has 0 bridgehead atoms. The van der Waals surface area contributed by atoms with E-state index in [1.807, 2.05) is 0 Å². The Bertz CT molecular complexity index is 74.2. The van der Waals surface area contributed by atoms with Gasteiger partial charge in [-0.2, -0.15) is 0 Å². The van der Waals surface area contributed by atoms with Crippen molar-refractivity contribution in [3.63, 3.8) is 0 Å². The molecule has 1 radical (unpaired) electrons. The average Bonchev–Trinajstić information content (AvgIpc) is 0.722. The third-order valence-corrected chi connectivity index (χ3v) is 0. The van der Waals surface area contributed by atoms with Crippen molar-refractivity contribution in [2.45, 2.75) is 0 Å². The maximum atomic E-state index is 8.88. The van der Waals surface area contributed by atoms with Crippen molar-refractivity contribution < 1.29 is 76.6 Å². The molecule has 0 aromatic heterocycles. The van der Waals surface area contributed by atoms with Crippen molar-refractivity contribution >= 4 is 108 Å². The summed E-state index contributed by atoms with van der Waals surface area (Å²) in [5, 5.41) is 0. The van der Waals surface area contributed by atoms with Crippen molar-refractivity contribution in [1.29, 1.82) is 0 Å². The Morgan fingerprint density at radius 2 is 1.00 bits per heavy atom. The van der Waals surface area contributed by atoms with Crippen LogP contribution >= 0.6 is 7.82 Å². The Hall–Kier alpha value is 5.23. The van der Waals surface area contributed by atoms with Gasteiger partial charge in [-0.1, -0.05) is 0 Å². The summed E-state index contributed by atoms with van der Waals surface area (Å²) in [5.41, 5.74) is 0. The van der Waals surface area contributed by atoms with Crippen LogP contribution in [0.4, 0.5) is 0 Å². The van der Waals surface area contributed by atoms with E-state index in [2.05, 4.69) is 0 Å². The van der Waals surface area contributed by atoms with Crippen LogP contribution in [0.25, 0.3) is 0 Å². The number of phosphoric acid groups is 1. The summed E-state index contributed by atoms with van der Waals surface area (Å²) in [6.45, 7) is 0. The van der Waals surface area contributed by atoms with Gasteiger partial charge in [-0.15, -0.1) is 0 Å². The van der Waals surface area contributed by atoms with E-state index in [1.54, 1.807) is 0 Å². The van der Waals surface area contributed by atoms with Crippen LogP contribution in [-0.4, -0.2) is 115 Å². The van der Waals surface area contributed by atoms with E-state index in [9.17, 15) is 0 Å². The van der Waals surface area contributed by atoms with E-state index in [0.717, 1.165) is 0 Å². The molecule has 53 valence electrons. The molecule has 0 aromatic rings. The van der Waals surface area contributed by atoms with Gasteiger partial charge >= 0.3 is 91.0 Å². The van der Waals surface area contributed by atoms with Gasteiger partial charge in [0.25, 0.3) is 0 Å².